The normalized spacial score (nSPS) is 20.3. The lowest BCUT2D eigenvalue weighted by molar-refractivity contribution is -0.127. The summed E-state index contributed by atoms with van der Waals surface area (Å²) in [6, 6.07) is 8.13. The molecule has 0 spiro atoms. The second-order valence-corrected chi connectivity index (χ2v) is 8.83. The van der Waals surface area contributed by atoms with E-state index in [4.69, 9.17) is 4.74 Å². The lowest BCUT2D eigenvalue weighted by atomic mass is 9.96. The summed E-state index contributed by atoms with van der Waals surface area (Å²) in [5, 5.41) is 3.54. The van der Waals surface area contributed by atoms with Crippen LogP contribution < -0.4 is 10.1 Å². The third-order valence-corrected chi connectivity index (χ3v) is 6.23. The van der Waals surface area contributed by atoms with E-state index in [9.17, 15) is 4.79 Å². The zero-order valence-corrected chi connectivity index (χ0v) is 19.0. The molecular weight excluding hydrogens is 374 g/mol. The van der Waals surface area contributed by atoms with Gasteiger partial charge >= 0.3 is 0 Å². The van der Waals surface area contributed by atoms with Crippen LogP contribution in [0.2, 0.25) is 0 Å². The number of carbonyl (C=O) groups is 1. The number of amides is 1. The predicted octanol–water partition coefficient (Wildman–Crippen LogP) is 5.16. The van der Waals surface area contributed by atoms with Crippen LogP contribution in [0.15, 0.2) is 51.8 Å². The Morgan fingerprint density at radius 3 is 2.67 bits per heavy atom. The largest absolute Gasteiger partial charge is 0.497 e. The Morgan fingerprint density at radius 1 is 1.37 bits per heavy atom. The van der Waals surface area contributed by atoms with Crippen molar-refractivity contribution in [1.29, 1.82) is 0 Å². The second-order valence-electron chi connectivity index (χ2n) is 8.83. The lowest BCUT2D eigenvalue weighted by Crippen LogP contribution is -2.34. The fraction of sp³-hybridized carbons (Fsp3) is 0.520. The first-order valence-electron chi connectivity index (χ1n) is 10.9. The Labute approximate surface area is 180 Å². The summed E-state index contributed by atoms with van der Waals surface area (Å²) in [6.45, 7) is 12.8. The van der Waals surface area contributed by atoms with Crippen molar-refractivity contribution >= 4 is 12.6 Å². The summed E-state index contributed by atoms with van der Waals surface area (Å²) in [5.74, 6) is 1.66. The van der Waals surface area contributed by atoms with Crippen molar-refractivity contribution in [3.05, 3.63) is 52.4 Å². The van der Waals surface area contributed by atoms with Crippen LogP contribution in [0.5, 0.6) is 5.75 Å². The van der Waals surface area contributed by atoms with Crippen molar-refractivity contribution in [1.82, 2.24) is 10.2 Å². The highest BCUT2D eigenvalue weighted by Gasteiger charge is 2.39. The van der Waals surface area contributed by atoms with Crippen LogP contribution in [0.4, 0.5) is 0 Å². The van der Waals surface area contributed by atoms with Gasteiger partial charge in [0.2, 0.25) is 0 Å². The maximum Gasteiger partial charge on any atom is 0.254 e. The number of methoxy groups -OCH3 is 1. The van der Waals surface area contributed by atoms with Crippen molar-refractivity contribution in [2.75, 3.05) is 13.7 Å². The Balaban J connectivity index is 1.96. The quantitative estimate of drug-likeness (QED) is 0.367. The molecule has 1 N–H and O–H groups in total. The second kappa shape index (κ2) is 9.07. The molecule has 2 fully saturated rings. The van der Waals surface area contributed by atoms with E-state index in [1.807, 2.05) is 36.9 Å². The van der Waals surface area contributed by atoms with E-state index in [0.29, 0.717) is 0 Å². The minimum Gasteiger partial charge on any atom is -0.497 e. The maximum absolute atomic E-state index is 13.8. The van der Waals surface area contributed by atoms with Crippen molar-refractivity contribution in [2.45, 2.75) is 71.4 Å². The average molecular weight is 410 g/mol. The predicted molar refractivity (Wildman–Crippen MR) is 123 cm³/mol. The van der Waals surface area contributed by atoms with Crippen LogP contribution in [0.3, 0.4) is 0 Å². The molecule has 0 aromatic heterocycles. The summed E-state index contributed by atoms with van der Waals surface area (Å²) in [4.78, 5) is 20.2. The van der Waals surface area contributed by atoms with Crippen molar-refractivity contribution < 1.29 is 9.53 Å². The van der Waals surface area contributed by atoms with Crippen LogP contribution in [-0.4, -0.2) is 36.7 Å². The number of ether oxygens (including phenoxy) is 1. The highest BCUT2D eigenvalue weighted by molar-refractivity contribution is 5.99. The summed E-state index contributed by atoms with van der Waals surface area (Å²) >= 11 is 0. The van der Waals surface area contributed by atoms with Gasteiger partial charge in [-0.05, 0) is 77.3 Å². The summed E-state index contributed by atoms with van der Waals surface area (Å²) < 4.78 is 5.40. The molecule has 1 aliphatic carbocycles. The van der Waals surface area contributed by atoms with E-state index < -0.39 is 0 Å². The van der Waals surface area contributed by atoms with Crippen molar-refractivity contribution in [2.24, 2.45) is 4.99 Å². The Hall–Kier alpha value is -2.56. The number of nitrogens with zero attached hydrogens (tertiary/aromatic N) is 2. The first-order valence-corrected chi connectivity index (χ1v) is 10.9. The number of rotatable bonds is 8. The standard InChI is InChI=1S/C25H35N3O2/c1-7-20(23(26-5)27-25(4)13-14-25)22(17(2)3)24(29)28-15-9-12-21(28)18-10-8-11-19(16-18)30-6/h8,10-11,16,21,27H,5,7,9,12-15H2,1-4,6H3/b23-20-. The molecule has 1 saturated carbocycles. The number of hydrogen-bond donors (Lipinski definition) is 1. The average Bonchev–Trinajstić information content (AvgIpc) is 3.27. The SMILES string of the molecule is C=N/C(NC1(C)CC1)=C(\CC)C(C(=O)N1CCCC1c1cccc(OC)c1)=C(C)C. The third kappa shape index (κ3) is 4.61. The van der Waals surface area contributed by atoms with Gasteiger partial charge in [0.25, 0.3) is 5.91 Å². The maximum atomic E-state index is 13.8. The molecular formula is C25H35N3O2. The number of hydrogen-bond acceptors (Lipinski definition) is 4. The van der Waals surface area contributed by atoms with Gasteiger partial charge in [0.05, 0.1) is 13.2 Å². The molecule has 1 saturated heterocycles. The van der Waals surface area contributed by atoms with Crippen molar-refractivity contribution in [3.63, 3.8) is 0 Å². The molecule has 1 aromatic rings. The van der Waals surface area contributed by atoms with Gasteiger partial charge in [-0.3, -0.25) is 4.79 Å². The minimum atomic E-state index is 0.0640. The number of carbonyl (C=O) groups excluding carboxylic acids is 1. The number of likely N-dealkylation sites (tertiary alicyclic amines) is 1. The minimum absolute atomic E-state index is 0.0640. The number of benzene rings is 1. The van der Waals surface area contributed by atoms with E-state index in [1.54, 1.807) is 7.11 Å². The molecule has 30 heavy (non-hydrogen) atoms. The van der Waals surface area contributed by atoms with Gasteiger partial charge in [0.1, 0.15) is 11.6 Å². The monoisotopic (exact) mass is 409 g/mol. The highest BCUT2D eigenvalue weighted by Crippen LogP contribution is 2.39. The molecule has 1 atom stereocenters. The van der Waals surface area contributed by atoms with Gasteiger partial charge in [-0.1, -0.05) is 24.6 Å². The van der Waals surface area contributed by atoms with Crippen molar-refractivity contribution in [3.8, 4) is 5.75 Å². The van der Waals surface area contributed by atoms with Crippen LogP contribution >= 0.6 is 0 Å². The molecule has 1 aliphatic heterocycles. The van der Waals surface area contributed by atoms with Crippen LogP contribution in [0, 0.1) is 0 Å². The molecule has 162 valence electrons. The van der Waals surface area contributed by atoms with Gasteiger partial charge in [-0.15, -0.1) is 0 Å². The fourth-order valence-corrected chi connectivity index (χ4v) is 4.26. The van der Waals surface area contributed by atoms with Crippen LogP contribution in [0.1, 0.15) is 71.4 Å². The molecule has 1 amide bonds. The van der Waals surface area contributed by atoms with E-state index in [0.717, 1.165) is 72.5 Å². The van der Waals surface area contributed by atoms with Gasteiger partial charge in [-0.25, -0.2) is 4.99 Å². The van der Waals surface area contributed by atoms with Gasteiger partial charge in [0.15, 0.2) is 0 Å². The molecule has 2 aliphatic rings. The first-order chi connectivity index (χ1) is 14.3. The molecule has 5 heteroatoms. The highest BCUT2D eigenvalue weighted by atomic mass is 16.5. The molecule has 1 unspecified atom stereocenters. The topological polar surface area (TPSA) is 53.9 Å². The van der Waals surface area contributed by atoms with Crippen LogP contribution in [0.25, 0.3) is 0 Å². The molecule has 5 nitrogen and oxygen atoms in total. The smallest absolute Gasteiger partial charge is 0.254 e. The molecule has 0 bridgehead atoms. The third-order valence-electron chi connectivity index (χ3n) is 6.23. The zero-order valence-electron chi connectivity index (χ0n) is 19.0. The summed E-state index contributed by atoms with van der Waals surface area (Å²) in [7, 11) is 1.67. The van der Waals surface area contributed by atoms with E-state index >= 15 is 0 Å². The first kappa shape index (κ1) is 22.1. The molecule has 1 heterocycles. The lowest BCUT2D eigenvalue weighted by Gasteiger charge is -2.28. The zero-order chi connectivity index (χ0) is 21.9. The summed E-state index contributed by atoms with van der Waals surface area (Å²) in [6.07, 6.45) is 4.92. The van der Waals surface area contributed by atoms with Gasteiger partial charge < -0.3 is 15.0 Å². The Morgan fingerprint density at radius 2 is 2.10 bits per heavy atom. The van der Waals surface area contributed by atoms with E-state index in [1.165, 1.54) is 0 Å². The van der Waals surface area contributed by atoms with Gasteiger partial charge in [0, 0.05) is 23.2 Å². The molecule has 1 aromatic carbocycles. The fourth-order valence-electron chi connectivity index (χ4n) is 4.26. The molecule has 0 radical (unpaired) electrons. The Bertz CT molecular complexity index is 876. The van der Waals surface area contributed by atoms with Gasteiger partial charge in [-0.2, -0.15) is 0 Å². The van der Waals surface area contributed by atoms with E-state index in [-0.39, 0.29) is 17.5 Å². The summed E-state index contributed by atoms with van der Waals surface area (Å²) in [5.41, 5.74) is 3.94. The number of aliphatic imine (C=N–C) groups is 1. The molecule has 3 rings (SSSR count). The number of nitrogens with one attached hydrogen (secondary N) is 1. The van der Waals surface area contributed by atoms with E-state index in [2.05, 4.69) is 36.9 Å². The van der Waals surface area contributed by atoms with Crippen LogP contribution in [-0.2, 0) is 4.79 Å². The number of allylic oxidation sites excluding steroid dienone is 1. The Kier molecular flexibility index (Phi) is 6.69.